The van der Waals surface area contributed by atoms with E-state index in [1.807, 2.05) is 25.1 Å². The quantitative estimate of drug-likeness (QED) is 0.783. The highest BCUT2D eigenvalue weighted by Crippen LogP contribution is 2.19. The lowest BCUT2D eigenvalue weighted by molar-refractivity contribution is 0.0985. The van der Waals surface area contributed by atoms with E-state index in [2.05, 4.69) is 4.98 Å². The van der Waals surface area contributed by atoms with Gasteiger partial charge in [0.15, 0.2) is 5.78 Å². The van der Waals surface area contributed by atoms with Crippen molar-refractivity contribution in [2.45, 2.75) is 13.3 Å². The number of Topliss-reactive ketones (excluding diaryl/α,β-unsaturated/α-hetero) is 1. The summed E-state index contributed by atoms with van der Waals surface area (Å²) in [6.07, 6.45) is 3.49. The summed E-state index contributed by atoms with van der Waals surface area (Å²) in [7, 11) is 1.80. The number of carbonyl (C=O) groups excluding carboxylic acids is 1. The van der Waals surface area contributed by atoms with E-state index in [0.29, 0.717) is 17.1 Å². The van der Waals surface area contributed by atoms with Crippen molar-refractivity contribution in [1.82, 2.24) is 9.55 Å². The Bertz CT molecular complexity index is 560. The van der Waals surface area contributed by atoms with E-state index in [1.54, 1.807) is 24.1 Å². The number of hydrogen-bond donors (Lipinski definition) is 0. The summed E-state index contributed by atoms with van der Waals surface area (Å²) >= 11 is 6.10. The van der Waals surface area contributed by atoms with Gasteiger partial charge < -0.3 is 4.57 Å². The molecule has 0 aliphatic rings. The molecule has 4 heteroatoms. The Morgan fingerprint density at radius 2 is 2.24 bits per heavy atom. The van der Waals surface area contributed by atoms with Gasteiger partial charge >= 0.3 is 0 Å². The monoisotopic (exact) mass is 248 g/mol. The second kappa shape index (κ2) is 4.72. The van der Waals surface area contributed by atoms with E-state index in [0.717, 1.165) is 11.1 Å². The lowest BCUT2D eigenvalue weighted by Crippen LogP contribution is -2.08. The number of aromatic nitrogens is 2. The van der Waals surface area contributed by atoms with Crippen LogP contribution in [0.25, 0.3) is 0 Å². The van der Waals surface area contributed by atoms with E-state index < -0.39 is 0 Å². The zero-order valence-corrected chi connectivity index (χ0v) is 10.5. The van der Waals surface area contributed by atoms with Crippen molar-refractivity contribution in [1.29, 1.82) is 0 Å². The number of benzene rings is 1. The molecule has 2 rings (SSSR count). The van der Waals surface area contributed by atoms with Crippen molar-refractivity contribution in [3.8, 4) is 0 Å². The van der Waals surface area contributed by atoms with Gasteiger partial charge in [-0.2, -0.15) is 0 Å². The lowest BCUT2D eigenvalue weighted by atomic mass is 10.1. The van der Waals surface area contributed by atoms with Gasteiger partial charge in [0.1, 0.15) is 5.69 Å². The van der Waals surface area contributed by atoms with Crippen molar-refractivity contribution in [3.63, 3.8) is 0 Å². The number of halogens is 1. The number of ketones is 1. The fourth-order valence-corrected chi connectivity index (χ4v) is 1.99. The van der Waals surface area contributed by atoms with E-state index in [-0.39, 0.29) is 5.78 Å². The standard InChI is InChI=1S/C13H13ClN2O/c1-9-3-4-10(11(14)5-9)6-13(17)12-7-15-8-16(12)2/h3-5,7-8H,6H2,1-2H3. The van der Waals surface area contributed by atoms with Crippen molar-refractivity contribution < 1.29 is 4.79 Å². The van der Waals surface area contributed by atoms with Crippen LogP contribution >= 0.6 is 11.6 Å². The third-order valence-electron chi connectivity index (χ3n) is 2.66. The van der Waals surface area contributed by atoms with E-state index >= 15 is 0 Å². The van der Waals surface area contributed by atoms with Crippen molar-refractivity contribution in [2.24, 2.45) is 7.05 Å². The zero-order valence-electron chi connectivity index (χ0n) is 9.77. The predicted octanol–water partition coefficient (Wildman–Crippen LogP) is 2.81. The minimum absolute atomic E-state index is 0.0238. The fraction of sp³-hybridized carbons (Fsp3) is 0.231. The summed E-state index contributed by atoms with van der Waals surface area (Å²) in [4.78, 5) is 15.9. The Morgan fingerprint density at radius 1 is 1.47 bits per heavy atom. The van der Waals surface area contributed by atoms with E-state index in [4.69, 9.17) is 11.6 Å². The van der Waals surface area contributed by atoms with Crippen molar-refractivity contribution in [3.05, 3.63) is 52.6 Å². The van der Waals surface area contributed by atoms with E-state index in [9.17, 15) is 4.79 Å². The number of rotatable bonds is 3. The number of nitrogens with zero attached hydrogens (tertiary/aromatic N) is 2. The molecule has 88 valence electrons. The highest BCUT2D eigenvalue weighted by molar-refractivity contribution is 6.31. The van der Waals surface area contributed by atoms with Crippen LogP contribution in [0.15, 0.2) is 30.7 Å². The molecule has 0 saturated heterocycles. The molecule has 0 bridgehead atoms. The second-order valence-electron chi connectivity index (χ2n) is 4.08. The number of carbonyl (C=O) groups is 1. The first kappa shape index (κ1) is 11.9. The Morgan fingerprint density at radius 3 is 2.82 bits per heavy atom. The van der Waals surface area contributed by atoms with Gasteiger partial charge in [0.2, 0.25) is 0 Å². The van der Waals surface area contributed by atoms with Crippen LogP contribution in [0, 0.1) is 6.92 Å². The smallest absolute Gasteiger partial charge is 0.185 e. The molecule has 0 amide bonds. The first-order valence-corrected chi connectivity index (χ1v) is 5.70. The molecule has 2 aromatic rings. The molecule has 0 saturated carbocycles. The van der Waals surface area contributed by atoms with Crippen molar-refractivity contribution >= 4 is 17.4 Å². The fourth-order valence-electron chi connectivity index (χ4n) is 1.69. The molecule has 0 atom stereocenters. The first-order chi connectivity index (χ1) is 8.08. The van der Waals surface area contributed by atoms with Gasteiger partial charge in [-0.25, -0.2) is 4.98 Å². The van der Waals surface area contributed by atoms with Crippen LogP contribution in [-0.2, 0) is 13.5 Å². The van der Waals surface area contributed by atoms with Gasteiger partial charge in [-0.1, -0.05) is 23.7 Å². The summed E-state index contributed by atoms with van der Waals surface area (Å²) in [5.74, 6) is 0.0238. The second-order valence-corrected chi connectivity index (χ2v) is 4.49. The van der Waals surface area contributed by atoms with Gasteiger partial charge in [-0.15, -0.1) is 0 Å². The Balaban J connectivity index is 2.22. The SMILES string of the molecule is Cc1ccc(CC(=O)c2cncn2C)c(Cl)c1. The maximum absolute atomic E-state index is 12.0. The lowest BCUT2D eigenvalue weighted by Gasteiger charge is -2.05. The summed E-state index contributed by atoms with van der Waals surface area (Å²) in [6, 6.07) is 5.72. The van der Waals surface area contributed by atoms with Crippen LogP contribution in [0.1, 0.15) is 21.6 Å². The molecule has 0 unspecified atom stereocenters. The van der Waals surface area contributed by atoms with Crippen LogP contribution in [0.5, 0.6) is 0 Å². The zero-order chi connectivity index (χ0) is 12.4. The maximum atomic E-state index is 12.0. The van der Waals surface area contributed by atoms with Gasteiger partial charge in [0.05, 0.1) is 12.5 Å². The molecular weight excluding hydrogens is 236 g/mol. The average Bonchev–Trinajstić information content (AvgIpc) is 2.68. The van der Waals surface area contributed by atoms with Gasteiger partial charge in [0.25, 0.3) is 0 Å². The number of imidazole rings is 1. The number of hydrogen-bond acceptors (Lipinski definition) is 2. The molecule has 17 heavy (non-hydrogen) atoms. The number of aryl methyl sites for hydroxylation is 2. The Hall–Kier alpha value is -1.61. The minimum atomic E-state index is 0.0238. The molecule has 1 heterocycles. The Kier molecular flexibility index (Phi) is 3.29. The molecule has 1 aromatic carbocycles. The van der Waals surface area contributed by atoms with Crippen LogP contribution in [0.3, 0.4) is 0 Å². The van der Waals surface area contributed by atoms with Crippen LogP contribution in [0.4, 0.5) is 0 Å². The van der Waals surface area contributed by atoms with Crippen LogP contribution in [-0.4, -0.2) is 15.3 Å². The van der Waals surface area contributed by atoms with Gasteiger partial charge in [-0.05, 0) is 24.1 Å². The summed E-state index contributed by atoms with van der Waals surface area (Å²) < 4.78 is 1.71. The van der Waals surface area contributed by atoms with Gasteiger partial charge in [-0.3, -0.25) is 4.79 Å². The van der Waals surface area contributed by atoms with Crippen molar-refractivity contribution in [2.75, 3.05) is 0 Å². The van der Waals surface area contributed by atoms with Gasteiger partial charge in [0, 0.05) is 18.5 Å². The molecule has 0 aliphatic heterocycles. The molecule has 0 N–H and O–H groups in total. The minimum Gasteiger partial charge on any atom is -0.331 e. The third-order valence-corrected chi connectivity index (χ3v) is 3.01. The molecule has 0 radical (unpaired) electrons. The maximum Gasteiger partial charge on any atom is 0.185 e. The largest absolute Gasteiger partial charge is 0.331 e. The van der Waals surface area contributed by atoms with Crippen LogP contribution < -0.4 is 0 Å². The topological polar surface area (TPSA) is 34.9 Å². The Labute approximate surface area is 105 Å². The van der Waals surface area contributed by atoms with E-state index in [1.165, 1.54) is 0 Å². The molecule has 0 spiro atoms. The first-order valence-electron chi connectivity index (χ1n) is 5.32. The molecule has 0 aliphatic carbocycles. The summed E-state index contributed by atoms with van der Waals surface area (Å²) in [6.45, 7) is 1.97. The molecular formula is C13H13ClN2O. The summed E-state index contributed by atoms with van der Waals surface area (Å²) in [5, 5.41) is 0.639. The third kappa shape index (κ3) is 2.56. The van der Waals surface area contributed by atoms with Crippen LogP contribution in [0.2, 0.25) is 5.02 Å². The normalized spacial score (nSPS) is 10.5. The summed E-state index contributed by atoms with van der Waals surface area (Å²) in [5.41, 5.74) is 2.54. The average molecular weight is 249 g/mol. The highest BCUT2D eigenvalue weighted by Gasteiger charge is 2.12. The molecule has 3 nitrogen and oxygen atoms in total. The predicted molar refractivity (Wildman–Crippen MR) is 67.4 cm³/mol. The molecule has 0 fully saturated rings. The molecule has 1 aromatic heterocycles. The highest BCUT2D eigenvalue weighted by atomic mass is 35.5.